The second kappa shape index (κ2) is 3.00. The van der Waals surface area contributed by atoms with Gasteiger partial charge in [0.15, 0.2) is 0 Å². The average molecular weight is 230 g/mol. The molecular formula is C9H8ClNO2S. The van der Waals surface area contributed by atoms with E-state index < -0.39 is 9.05 Å². The first-order chi connectivity index (χ1) is 6.50. The first-order valence-electron chi connectivity index (χ1n) is 4.02. The van der Waals surface area contributed by atoms with Gasteiger partial charge in [0, 0.05) is 27.3 Å². The number of halogens is 1. The quantitative estimate of drug-likeness (QED) is 0.764. The van der Waals surface area contributed by atoms with E-state index >= 15 is 0 Å². The molecule has 2 rings (SSSR count). The number of fused-ring (bicyclic) bond motifs is 1. The Kier molecular flexibility index (Phi) is 2.05. The lowest BCUT2D eigenvalue weighted by Crippen LogP contribution is -1.91. The number of nitrogens with one attached hydrogen (secondary N) is 1. The average Bonchev–Trinajstić information content (AvgIpc) is 2.38. The van der Waals surface area contributed by atoms with Crippen molar-refractivity contribution in [1.29, 1.82) is 0 Å². The fourth-order valence-electron chi connectivity index (χ4n) is 1.57. The standard InChI is InChI=1S/C9H8ClNO2S/c1-6-9(14(10,12)13)7-4-2-3-5-8(7)11-6/h2-5,11H,1H3. The van der Waals surface area contributed by atoms with E-state index in [-0.39, 0.29) is 4.90 Å². The number of rotatable bonds is 1. The van der Waals surface area contributed by atoms with E-state index in [1.54, 1.807) is 19.1 Å². The minimum absolute atomic E-state index is 0.176. The normalized spacial score (nSPS) is 12.1. The van der Waals surface area contributed by atoms with E-state index in [1.807, 2.05) is 12.1 Å². The lowest BCUT2D eigenvalue weighted by molar-refractivity contribution is 0.610. The number of aryl methyl sites for hydroxylation is 1. The van der Waals surface area contributed by atoms with Crippen molar-refractivity contribution >= 4 is 30.6 Å². The van der Waals surface area contributed by atoms with Crippen LogP contribution in [0.2, 0.25) is 0 Å². The highest BCUT2D eigenvalue weighted by Crippen LogP contribution is 2.28. The van der Waals surface area contributed by atoms with Gasteiger partial charge in [-0.1, -0.05) is 18.2 Å². The molecular weight excluding hydrogens is 222 g/mol. The molecule has 0 aliphatic carbocycles. The third-order valence-electron chi connectivity index (χ3n) is 2.08. The van der Waals surface area contributed by atoms with Crippen LogP contribution in [0.5, 0.6) is 0 Å². The van der Waals surface area contributed by atoms with E-state index in [0.717, 1.165) is 5.52 Å². The van der Waals surface area contributed by atoms with Gasteiger partial charge in [-0.2, -0.15) is 0 Å². The molecule has 0 amide bonds. The number of hydrogen-bond acceptors (Lipinski definition) is 2. The summed E-state index contributed by atoms with van der Waals surface area (Å²) in [6.45, 7) is 1.69. The molecule has 74 valence electrons. The number of aromatic amines is 1. The van der Waals surface area contributed by atoms with E-state index in [9.17, 15) is 8.42 Å². The van der Waals surface area contributed by atoms with Crippen LogP contribution in [0.1, 0.15) is 5.69 Å². The van der Waals surface area contributed by atoms with Gasteiger partial charge in [0.05, 0.1) is 0 Å². The highest BCUT2D eigenvalue weighted by Gasteiger charge is 2.19. The summed E-state index contributed by atoms with van der Waals surface area (Å²) in [5.74, 6) is 0. The second-order valence-electron chi connectivity index (χ2n) is 3.06. The van der Waals surface area contributed by atoms with Crippen LogP contribution in [0, 0.1) is 6.92 Å². The Morgan fingerprint density at radius 3 is 2.57 bits per heavy atom. The van der Waals surface area contributed by atoms with Crippen LogP contribution in [-0.2, 0) is 9.05 Å². The third-order valence-corrected chi connectivity index (χ3v) is 3.55. The summed E-state index contributed by atoms with van der Waals surface area (Å²) in [5, 5.41) is 0.639. The first-order valence-corrected chi connectivity index (χ1v) is 6.33. The van der Waals surface area contributed by atoms with Crippen LogP contribution < -0.4 is 0 Å². The Balaban J connectivity index is 2.95. The minimum Gasteiger partial charge on any atom is -0.357 e. The molecule has 1 aromatic carbocycles. The van der Waals surface area contributed by atoms with Crippen LogP contribution in [0.25, 0.3) is 10.9 Å². The highest BCUT2D eigenvalue weighted by atomic mass is 35.7. The summed E-state index contributed by atoms with van der Waals surface area (Å²) in [7, 11) is 1.66. The van der Waals surface area contributed by atoms with Crippen LogP contribution in [0.15, 0.2) is 29.2 Å². The maximum Gasteiger partial charge on any atom is 0.263 e. The molecule has 5 heteroatoms. The van der Waals surface area contributed by atoms with Gasteiger partial charge >= 0.3 is 0 Å². The van der Waals surface area contributed by atoms with Gasteiger partial charge in [-0.25, -0.2) is 8.42 Å². The molecule has 0 aliphatic rings. The van der Waals surface area contributed by atoms with Gasteiger partial charge in [-0.15, -0.1) is 0 Å². The lowest BCUT2D eigenvalue weighted by Gasteiger charge is -1.94. The van der Waals surface area contributed by atoms with Crippen LogP contribution in [-0.4, -0.2) is 13.4 Å². The number of benzene rings is 1. The van der Waals surface area contributed by atoms with Gasteiger partial charge < -0.3 is 4.98 Å². The molecule has 1 heterocycles. The molecule has 0 aliphatic heterocycles. The van der Waals surface area contributed by atoms with E-state index in [2.05, 4.69) is 4.98 Å². The number of H-pyrrole nitrogens is 1. The van der Waals surface area contributed by atoms with Gasteiger partial charge in [-0.05, 0) is 13.0 Å². The van der Waals surface area contributed by atoms with Crippen molar-refractivity contribution in [3.8, 4) is 0 Å². The molecule has 14 heavy (non-hydrogen) atoms. The molecule has 1 aromatic heterocycles. The summed E-state index contributed by atoms with van der Waals surface area (Å²) in [6, 6.07) is 7.16. The molecule has 3 nitrogen and oxygen atoms in total. The Labute approximate surface area is 86.1 Å². The van der Waals surface area contributed by atoms with Crippen LogP contribution in [0.3, 0.4) is 0 Å². The first kappa shape index (κ1) is 9.55. The van der Waals surface area contributed by atoms with Crippen molar-refractivity contribution in [2.45, 2.75) is 11.8 Å². The monoisotopic (exact) mass is 229 g/mol. The lowest BCUT2D eigenvalue weighted by atomic mass is 10.2. The maximum atomic E-state index is 11.3. The molecule has 0 spiro atoms. The predicted octanol–water partition coefficient (Wildman–Crippen LogP) is 2.40. The van der Waals surface area contributed by atoms with Crippen molar-refractivity contribution in [2.75, 3.05) is 0 Å². The summed E-state index contributed by atoms with van der Waals surface area (Å²) < 4.78 is 22.5. The van der Waals surface area contributed by atoms with Crippen molar-refractivity contribution in [1.82, 2.24) is 4.98 Å². The molecule has 0 fully saturated rings. The van der Waals surface area contributed by atoms with Crippen molar-refractivity contribution in [3.63, 3.8) is 0 Å². The summed E-state index contributed by atoms with van der Waals surface area (Å²) in [4.78, 5) is 3.15. The summed E-state index contributed by atoms with van der Waals surface area (Å²) in [6.07, 6.45) is 0. The summed E-state index contributed by atoms with van der Waals surface area (Å²) >= 11 is 0. The second-order valence-corrected chi connectivity index (χ2v) is 5.57. The van der Waals surface area contributed by atoms with Crippen molar-refractivity contribution in [2.24, 2.45) is 0 Å². The number of para-hydroxylation sites is 1. The molecule has 0 bridgehead atoms. The van der Waals surface area contributed by atoms with Gasteiger partial charge in [0.25, 0.3) is 9.05 Å². The molecule has 0 unspecified atom stereocenters. The molecule has 0 saturated heterocycles. The zero-order valence-corrected chi connectivity index (χ0v) is 8.98. The molecule has 0 atom stereocenters. The Morgan fingerprint density at radius 1 is 1.29 bits per heavy atom. The molecule has 0 radical (unpaired) electrons. The molecule has 2 aromatic rings. The van der Waals surface area contributed by atoms with Gasteiger partial charge in [0.1, 0.15) is 4.90 Å². The van der Waals surface area contributed by atoms with E-state index in [4.69, 9.17) is 10.7 Å². The van der Waals surface area contributed by atoms with Crippen molar-refractivity contribution < 1.29 is 8.42 Å². The fourth-order valence-corrected chi connectivity index (χ4v) is 3.02. The number of hydrogen-bond donors (Lipinski definition) is 1. The maximum absolute atomic E-state index is 11.3. The zero-order chi connectivity index (χ0) is 10.3. The van der Waals surface area contributed by atoms with Gasteiger partial charge in [-0.3, -0.25) is 0 Å². The van der Waals surface area contributed by atoms with E-state index in [0.29, 0.717) is 11.1 Å². The fraction of sp³-hybridized carbons (Fsp3) is 0.111. The van der Waals surface area contributed by atoms with Crippen LogP contribution in [0.4, 0.5) is 0 Å². The molecule has 0 saturated carbocycles. The van der Waals surface area contributed by atoms with Crippen LogP contribution >= 0.6 is 10.7 Å². The van der Waals surface area contributed by atoms with E-state index in [1.165, 1.54) is 0 Å². The Morgan fingerprint density at radius 2 is 1.93 bits per heavy atom. The van der Waals surface area contributed by atoms with Crippen molar-refractivity contribution in [3.05, 3.63) is 30.0 Å². The Bertz CT molecular complexity index is 586. The predicted molar refractivity (Wildman–Crippen MR) is 56.1 cm³/mol. The highest BCUT2D eigenvalue weighted by molar-refractivity contribution is 8.14. The zero-order valence-electron chi connectivity index (χ0n) is 7.41. The topological polar surface area (TPSA) is 49.9 Å². The summed E-state index contributed by atoms with van der Waals surface area (Å²) in [5.41, 5.74) is 1.35. The minimum atomic E-state index is -3.68. The smallest absolute Gasteiger partial charge is 0.263 e. The largest absolute Gasteiger partial charge is 0.357 e. The number of aromatic nitrogens is 1. The SMILES string of the molecule is Cc1[nH]c2ccccc2c1S(=O)(=O)Cl. The van der Waals surface area contributed by atoms with Gasteiger partial charge in [0.2, 0.25) is 0 Å². The Hall–Kier alpha value is -1.00. The molecule has 1 N–H and O–H groups in total. The third kappa shape index (κ3) is 1.40.